The van der Waals surface area contributed by atoms with Gasteiger partial charge in [0.05, 0.1) is 25.0 Å². The molecular weight excluding hydrogens is 306 g/mol. The van der Waals surface area contributed by atoms with Crippen LogP contribution in [0.2, 0.25) is 0 Å². The van der Waals surface area contributed by atoms with Gasteiger partial charge >= 0.3 is 5.97 Å². The van der Waals surface area contributed by atoms with Gasteiger partial charge in [-0.25, -0.2) is 0 Å². The SMILES string of the molecule is CCOC(=O)CCN(CCOC)C(=O)C12CC3CC(CC(C3)C1)C2. The van der Waals surface area contributed by atoms with Gasteiger partial charge < -0.3 is 14.4 Å². The first kappa shape index (κ1) is 17.7. The highest BCUT2D eigenvalue weighted by molar-refractivity contribution is 5.84. The van der Waals surface area contributed by atoms with Crippen molar-refractivity contribution in [2.75, 3.05) is 33.4 Å². The Morgan fingerprint density at radius 2 is 1.62 bits per heavy atom. The lowest BCUT2D eigenvalue weighted by atomic mass is 9.49. The van der Waals surface area contributed by atoms with Crippen LogP contribution in [0, 0.1) is 23.2 Å². The maximum absolute atomic E-state index is 13.4. The van der Waals surface area contributed by atoms with Crippen molar-refractivity contribution in [3.63, 3.8) is 0 Å². The third kappa shape index (κ3) is 3.61. The second kappa shape index (κ2) is 7.42. The van der Waals surface area contributed by atoms with Crippen LogP contribution in [0.3, 0.4) is 0 Å². The van der Waals surface area contributed by atoms with Crippen molar-refractivity contribution < 1.29 is 19.1 Å². The summed E-state index contributed by atoms with van der Waals surface area (Å²) in [6.45, 7) is 3.72. The largest absolute Gasteiger partial charge is 0.466 e. The predicted octanol–water partition coefficient (Wildman–Crippen LogP) is 2.63. The summed E-state index contributed by atoms with van der Waals surface area (Å²) in [6.07, 6.45) is 7.42. The van der Waals surface area contributed by atoms with E-state index in [1.165, 1.54) is 19.3 Å². The molecule has 4 aliphatic rings. The van der Waals surface area contributed by atoms with Crippen molar-refractivity contribution in [2.45, 2.75) is 51.9 Å². The predicted molar refractivity (Wildman–Crippen MR) is 90.3 cm³/mol. The van der Waals surface area contributed by atoms with E-state index in [0.29, 0.717) is 26.3 Å². The molecule has 0 aromatic rings. The van der Waals surface area contributed by atoms with Crippen molar-refractivity contribution in [1.29, 1.82) is 0 Å². The summed E-state index contributed by atoms with van der Waals surface area (Å²) >= 11 is 0. The number of nitrogens with zero attached hydrogens (tertiary/aromatic N) is 1. The Bertz CT molecular complexity index is 441. The van der Waals surface area contributed by atoms with E-state index in [1.807, 2.05) is 4.90 Å². The van der Waals surface area contributed by atoms with Crippen molar-refractivity contribution in [2.24, 2.45) is 23.2 Å². The van der Waals surface area contributed by atoms with Crippen molar-refractivity contribution in [1.82, 2.24) is 4.90 Å². The summed E-state index contributed by atoms with van der Waals surface area (Å²) in [4.78, 5) is 27.0. The normalized spacial score (nSPS) is 33.5. The Balaban J connectivity index is 1.67. The van der Waals surface area contributed by atoms with E-state index < -0.39 is 0 Å². The van der Waals surface area contributed by atoms with E-state index in [2.05, 4.69) is 0 Å². The third-order valence-electron chi connectivity index (χ3n) is 6.24. The molecular formula is C19H31NO4. The molecule has 4 rings (SSSR count). The highest BCUT2D eigenvalue weighted by Crippen LogP contribution is 2.60. The van der Waals surface area contributed by atoms with Crippen LogP contribution in [0.4, 0.5) is 0 Å². The topological polar surface area (TPSA) is 55.8 Å². The molecule has 1 amide bonds. The Kier molecular flexibility index (Phi) is 5.48. The molecule has 136 valence electrons. The van der Waals surface area contributed by atoms with Crippen LogP contribution in [-0.4, -0.2) is 50.2 Å². The van der Waals surface area contributed by atoms with Crippen LogP contribution in [0.15, 0.2) is 0 Å². The van der Waals surface area contributed by atoms with Gasteiger partial charge in [-0.05, 0) is 63.2 Å². The third-order valence-corrected chi connectivity index (χ3v) is 6.24. The van der Waals surface area contributed by atoms with Crippen LogP contribution in [0.5, 0.6) is 0 Å². The van der Waals surface area contributed by atoms with Gasteiger partial charge in [0.2, 0.25) is 5.91 Å². The number of carbonyl (C=O) groups is 2. The molecule has 0 spiro atoms. The molecule has 0 aliphatic heterocycles. The van der Waals surface area contributed by atoms with Gasteiger partial charge in [-0.1, -0.05) is 0 Å². The van der Waals surface area contributed by atoms with E-state index in [1.54, 1.807) is 14.0 Å². The number of rotatable bonds is 8. The van der Waals surface area contributed by atoms with E-state index in [9.17, 15) is 9.59 Å². The van der Waals surface area contributed by atoms with Gasteiger partial charge in [-0.3, -0.25) is 9.59 Å². The monoisotopic (exact) mass is 337 g/mol. The fourth-order valence-corrected chi connectivity index (χ4v) is 5.68. The Morgan fingerprint density at radius 1 is 1.04 bits per heavy atom. The summed E-state index contributed by atoms with van der Waals surface area (Å²) in [5.41, 5.74) is -0.156. The smallest absolute Gasteiger partial charge is 0.307 e. The number of carbonyl (C=O) groups excluding carboxylic acids is 2. The minimum Gasteiger partial charge on any atom is -0.466 e. The molecule has 4 saturated carbocycles. The first-order valence-corrected chi connectivity index (χ1v) is 9.50. The fourth-order valence-electron chi connectivity index (χ4n) is 5.68. The van der Waals surface area contributed by atoms with Gasteiger partial charge in [0.1, 0.15) is 0 Å². The zero-order valence-electron chi connectivity index (χ0n) is 15.1. The molecule has 0 unspecified atom stereocenters. The molecule has 24 heavy (non-hydrogen) atoms. The maximum Gasteiger partial charge on any atom is 0.307 e. The molecule has 4 aliphatic carbocycles. The Labute approximate surface area is 145 Å². The minimum atomic E-state index is -0.224. The van der Waals surface area contributed by atoms with Crippen molar-refractivity contribution in [3.8, 4) is 0 Å². The number of esters is 1. The molecule has 0 atom stereocenters. The molecule has 0 aromatic carbocycles. The van der Waals surface area contributed by atoms with Crippen molar-refractivity contribution >= 4 is 11.9 Å². The zero-order valence-corrected chi connectivity index (χ0v) is 15.1. The number of hydrogen-bond donors (Lipinski definition) is 0. The van der Waals surface area contributed by atoms with E-state index in [0.717, 1.165) is 37.0 Å². The standard InChI is InChI=1S/C19H31NO4/c1-3-24-17(21)4-5-20(6-7-23-2)18(22)19-11-14-8-15(12-19)10-16(9-14)13-19/h14-16H,3-13H2,1-2H3. The summed E-state index contributed by atoms with van der Waals surface area (Å²) in [7, 11) is 1.65. The molecule has 0 heterocycles. The van der Waals surface area contributed by atoms with Gasteiger partial charge in [0, 0.05) is 20.2 Å². The number of amides is 1. The molecule has 0 aromatic heterocycles. The molecule has 4 bridgehead atoms. The van der Waals surface area contributed by atoms with Crippen LogP contribution in [-0.2, 0) is 19.1 Å². The molecule has 0 saturated heterocycles. The Hall–Kier alpha value is -1.10. The highest BCUT2D eigenvalue weighted by atomic mass is 16.5. The summed E-state index contributed by atoms with van der Waals surface area (Å²) in [5, 5.41) is 0. The minimum absolute atomic E-state index is 0.156. The van der Waals surface area contributed by atoms with E-state index >= 15 is 0 Å². The summed E-state index contributed by atoms with van der Waals surface area (Å²) in [5.74, 6) is 2.28. The summed E-state index contributed by atoms with van der Waals surface area (Å²) in [6, 6.07) is 0. The van der Waals surface area contributed by atoms with Gasteiger partial charge in [0.15, 0.2) is 0 Å². The molecule has 0 radical (unpaired) electrons. The van der Waals surface area contributed by atoms with Crippen molar-refractivity contribution in [3.05, 3.63) is 0 Å². The lowest BCUT2D eigenvalue weighted by molar-refractivity contribution is -0.159. The van der Waals surface area contributed by atoms with Gasteiger partial charge in [-0.2, -0.15) is 0 Å². The first-order chi connectivity index (χ1) is 11.6. The van der Waals surface area contributed by atoms with E-state index in [-0.39, 0.29) is 23.7 Å². The molecule has 5 nitrogen and oxygen atoms in total. The average Bonchev–Trinajstić information content (AvgIpc) is 2.53. The molecule has 5 heteroatoms. The zero-order chi connectivity index (χ0) is 17.2. The quantitative estimate of drug-likeness (QED) is 0.639. The molecule has 4 fully saturated rings. The highest BCUT2D eigenvalue weighted by Gasteiger charge is 2.55. The average molecular weight is 337 g/mol. The second-order valence-corrected chi connectivity index (χ2v) is 8.04. The van der Waals surface area contributed by atoms with E-state index in [4.69, 9.17) is 9.47 Å². The van der Waals surface area contributed by atoms with Gasteiger partial charge in [-0.15, -0.1) is 0 Å². The lowest BCUT2D eigenvalue weighted by Crippen LogP contribution is -2.55. The first-order valence-electron chi connectivity index (χ1n) is 9.50. The fraction of sp³-hybridized carbons (Fsp3) is 0.895. The maximum atomic E-state index is 13.4. The number of methoxy groups -OCH3 is 1. The number of hydrogen-bond acceptors (Lipinski definition) is 4. The van der Waals surface area contributed by atoms with Crippen LogP contribution < -0.4 is 0 Å². The molecule has 0 N–H and O–H groups in total. The van der Waals surface area contributed by atoms with Crippen LogP contribution >= 0.6 is 0 Å². The number of ether oxygens (including phenoxy) is 2. The summed E-state index contributed by atoms with van der Waals surface area (Å²) < 4.78 is 10.2. The lowest BCUT2D eigenvalue weighted by Gasteiger charge is -2.56. The van der Waals surface area contributed by atoms with Gasteiger partial charge in [0.25, 0.3) is 0 Å². The van der Waals surface area contributed by atoms with Crippen LogP contribution in [0.25, 0.3) is 0 Å². The second-order valence-electron chi connectivity index (χ2n) is 8.04. The Morgan fingerprint density at radius 3 is 2.12 bits per heavy atom. The van der Waals surface area contributed by atoms with Crippen LogP contribution in [0.1, 0.15) is 51.9 Å².